The maximum absolute atomic E-state index is 12.1. The van der Waals surface area contributed by atoms with Crippen molar-refractivity contribution < 1.29 is 18.9 Å². The Labute approximate surface area is 154 Å². The van der Waals surface area contributed by atoms with Crippen LogP contribution in [0.5, 0.6) is 0 Å². The molecular formula is C17H17ClN4O4. The van der Waals surface area contributed by atoms with Gasteiger partial charge in [0, 0.05) is 25.7 Å². The summed E-state index contributed by atoms with van der Waals surface area (Å²) in [5.41, 5.74) is 1.30. The van der Waals surface area contributed by atoms with Crippen LogP contribution in [-0.4, -0.2) is 52.9 Å². The third kappa shape index (κ3) is 3.41. The van der Waals surface area contributed by atoms with E-state index in [0.717, 1.165) is 10.5 Å². The number of halogens is 1. The van der Waals surface area contributed by atoms with Crippen molar-refractivity contribution in [3.8, 4) is 11.3 Å². The first kappa shape index (κ1) is 17.9. The van der Waals surface area contributed by atoms with E-state index < -0.39 is 18.0 Å². The minimum Gasteiger partial charge on any atom is -0.359 e. The zero-order valence-corrected chi connectivity index (χ0v) is 15.0. The van der Waals surface area contributed by atoms with Gasteiger partial charge in [0.05, 0.1) is 18.0 Å². The molecular weight excluding hydrogens is 360 g/mol. The van der Waals surface area contributed by atoms with E-state index in [0.29, 0.717) is 16.5 Å². The third-order valence-corrected chi connectivity index (χ3v) is 4.55. The molecule has 4 amide bonds. The van der Waals surface area contributed by atoms with Crippen LogP contribution >= 0.6 is 11.6 Å². The number of imide groups is 1. The lowest BCUT2D eigenvalue weighted by Crippen LogP contribution is -2.37. The van der Waals surface area contributed by atoms with E-state index in [1.54, 1.807) is 12.1 Å². The fraction of sp³-hybridized carbons (Fsp3) is 0.294. The maximum Gasteiger partial charge on any atom is 0.326 e. The lowest BCUT2D eigenvalue weighted by Gasteiger charge is -2.15. The summed E-state index contributed by atoms with van der Waals surface area (Å²) in [6.07, 6.45) is -0.114. The first-order valence-electron chi connectivity index (χ1n) is 7.90. The minimum absolute atomic E-state index is 0.114. The molecule has 1 N–H and O–H groups in total. The van der Waals surface area contributed by atoms with E-state index in [-0.39, 0.29) is 18.9 Å². The van der Waals surface area contributed by atoms with Crippen molar-refractivity contribution in [3.05, 3.63) is 41.1 Å². The largest absolute Gasteiger partial charge is 0.359 e. The molecule has 2 heterocycles. The number of carbonyl (C=O) groups is 3. The van der Waals surface area contributed by atoms with Crippen LogP contribution in [0.3, 0.4) is 0 Å². The predicted molar refractivity (Wildman–Crippen MR) is 93.1 cm³/mol. The minimum atomic E-state index is -0.791. The van der Waals surface area contributed by atoms with Crippen molar-refractivity contribution in [1.29, 1.82) is 0 Å². The van der Waals surface area contributed by atoms with Crippen molar-refractivity contribution in [2.75, 3.05) is 14.1 Å². The van der Waals surface area contributed by atoms with Crippen LogP contribution in [0.15, 0.2) is 34.9 Å². The van der Waals surface area contributed by atoms with Gasteiger partial charge in [-0.05, 0) is 6.07 Å². The van der Waals surface area contributed by atoms with Crippen LogP contribution in [0.25, 0.3) is 11.3 Å². The van der Waals surface area contributed by atoms with E-state index >= 15 is 0 Å². The van der Waals surface area contributed by atoms with Gasteiger partial charge in [-0.1, -0.05) is 35.0 Å². The number of benzene rings is 1. The number of carbonyl (C=O) groups excluding carboxylic acids is 3. The second-order valence-electron chi connectivity index (χ2n) is 5.95. The number of aromatic nitrogens is 1. The SMILES string of the molecule is CN1C(=O)C(CC(=O)NCc2cc(-c3ccccc3Cl)no2)N(C)C1=O. The number of urea groups is 1. The molecule has 1 unspecified atom stereocenters. The van der Waals surface area contributed by atoms with Crippen LogP contribution in [-0.2, 0) is 16.1 Å². The average Bonchev–Trinajstić information content (AvgIpc) is 3.16. The average molecular weight is 377 g/mol. The van der Waals surface area contributed by atoms with Crippen LogP contribution in [0.4, 0.5) is 4.79 Å². The standard InChI is InChI=1S/C17H17ClN4O4/c1-21-14(16(24)22(2)17(21)25)8-15(23)19-9-10-7-13(20-26-10)11-5-3-4-6-12(11)18/h3-7,14H,8-9H2,1-2H3,(H,19,23). The molecule has 1 fully saturated rings. The van der Waals surface area contributed by atoms with E-state index in [1.807, 2.05) is 18.2 Å². The molecule has 8 nitrogen and oxygen atoms in total. The molecule has 0 bridgehead atoms. The molecule has 9 heteroatoms. The monoisotopic (exact) mass is 376 g/mol. The van der Waals surface area contributed by atoms with Crippen LogP contribution in [0.1, 0.15) is 12.2 Å². The highest BCUT2D eigenvalue weighted by Crippen LogP contribution is 2.27. The lowest BCUT2D eigenvalue weighted by atomic mass is 10.1. The Morgan fingerprint density at radius 3 is 2.69 bits per heavy atom. The fourth-order valence-electron chi connectivity index (χ4n) is 2.70. The van der Waals surface area contributed by atoms with E-state index in [4.69, 9.17) is 16.1 Å². The van der Waals surface area contributed by atoms with Crippen molar-refractivity contribution in [3.63, 3.8) is 0 Å². The molecule has 1 saturated heterocycles. The van der Waals surface area contributed by atoms with Crippen molar-refractivity contribution >= 4 is 29.4 Å². The van der Waals surface area contributed by atoms with Gasteiger partial charge in [-0.3, -0.25) is 14.5 Å². The Kier molecular flexibility index (Phi) is 4.94. The quantitative estimate of drug-likeness (QED) is 0.804. The summed E-state index contributed by atoms with van der Waals surface area (Å²) in [6, 6.07) is 7.69. The Morgan fingerprint density at radius 1 is 1.31 bits per heavy atom. The van der Waals surface area contributed by atoms with Crippen LogP contribution in [0.2, 0.25) is 5.02 Å². The van der Waals surface area contributed by atoms with Gasteiger partial charge < -0.3 is 14.7 Å². The highest BCUT2D eigenvalue weighted by atomic mass is 35.5. The lowest BCUT2D eigenvalue weighted by molar-refractivity contribution is -0.131. The fourth-order valence-corrected chi connectivity index (χ4v) is 2.94. The molecule has 1 aromatic carbocycles. The zero-order valence-electron chi connectivity index (χ0n) is 14.2. The number of rotatable bonds is 5. The van der Waals surface area contributed by atoms with Crippen molar-refractivity contribution in [2.45, 2.75) is 19.0 Å². The van der Waals surface area contributed by atoms with Crippen molar-refractivity contribution in [2.24, 2.45) is 0 Å². The molecule has 0 spiro atoms. The summed E-state index contributed by atoms with van der Waals surface area (Å²) >= 11 is 6.12. The zero-order chi connectivity index (χ0) is 18.8. The molecule has 26 heavy (non-hydrogen) atoms. The summed E-state index contributed by atoms with van der Waals surface area (Å²) in [4.78, 5) is 38.1. The van der Waals surface area contributed by atoms with Gasteiger partial charge in [0.15, 0.2) is 5.76 Å². The Hall–Kier alpha value is -2.87. The summed E-state index contributed by atoms with van der Waals surface area (Å²) in [7, 11) is 2.89. The number of likely N-dealkylation sites (N-methyl/N-ethyl adjacent to an activating group) is 2. The number of nitrogens with zero attached hydrogens (tertiary/aromatic N) is 3. The summed E-state index contributed by atoms with van der Waals surface area (Å²) < 4.78 is 5.21. The topological polar surface area (TPSA) is 95.8 Å². The van der Waals surface area contributed by atoms with Crippen LogP contribution < -0.4 is 5.32 Å². The van der Waals surface area contributed by atoms with Gasteiger partial charge in [0.25, 0.3) is 5.91 Å². The molecule has 136 valence electrons. The smallest absolute Gasteiger partial charge is 0.326 e. The summed E-state index contributed by atoms with van der Waals surface area (Å²) in [5, 5.41) is 7.16. The Bertz CT molecular complexity index is 866. The molecule has 1 aliphatic rings. The van der Waals surface area contributed by atoms with Crippen LogP contribution in [0, 0.1) is 0 Å². The molecule has 3 rings (SSSR count). The van der Waals surface area contributed by atoms with E-state index in [9.17, 15) is 14.4 Å². The normalized spacial score (nSPS) is 17.1. The molecule has 1 atom stereocenters. The molecule has 0 saturated carbocycles. The first-order chi connectivity index (χ1) is 12.4. The van der Waals surface area contributed by atoms with Gasteiger partial charge in [-0.15, -0.1) is 0 Å². The van der Waals surface area contributed by atoms with Gasteiger partial charge in [0.2, 0.25) is 5.91 Å². The summed E-state index contributed by atoms with van der Waals surface area (Å²) in [5.74, 6) is -0.310. The predicted octanol–water partition coefficient (Wildman–Crippen LogP) is 1.89. The second-order valence-corrected chi connectivity index (χ2v) is 6.35. The Balaban J connectivity index is 1.58. The van der Waals surface area contributed by atoms with E-state index in [2.05, 4.69) is 10.5 Å². The summed E-state index contributed by atoms with van der Waals surface area (Å²) in [6.45, 7) is 0.116. The second kappa shape index (κ2) is 7.17. The van der Waals surface area contributed by atoms with Gasteiger partial charge in [-0.2, -0.15) is 0 Å². The molecule has 0 radical (unpaired) electrons. The number of hydrogen-bond donors (Lipinski definition) is 1. The Morgan fingerprint density at radius 2 is 2.04 bits per heavy atom. The van der Waals surface area contributed by atoms with Crippen molar-refractivity contribution in [1.82, 2.24) is 20.3 Å². The number of amides is 4. The highest BCUT2D eigenvalue weighted by molar-refractivity contribution is 6.33. The van der Waals surface area contributed by atoms with E-state index in [1.165, 1.54) is 19.0 Å². The van der Waals surface area contributed by atoms with Gasteiger partial charge >= 0.3 is 6.03 Å². The highest BCUT2D eigenvalue weighted by Gasteiger charge is 2.41. The van der Waals surface area contributed by atoms with Gasteiger partial charge in [0.1, 0.15) is 11.7 Å². The molecule has 2 aromatic rings. The first-order valence-corrected chi connectivity index (χ1v) is 8.28. The maximum atomic E-state index is 12.1. The molecule has 0 aliphatic carbocycles. The third-order valence-electron chi connectivity index (χ3n) is 4.22. The van der Waals surface area contributed by atoms with Gasteiger partial charge in [-0.25, -0.2) is 4.79 Å². The molecule has 1 aromatic heterocycles. The number of hydrogen-bond acceptors (Lipinski definition) is 5. The number of nitrogens with one attached hydrogen (secondary N) is 1. The molecule has 1 aliphatic heterocycles.